The maximum Gasteiger partial charge on any atom is 0.229 e. The highest BCUT2D eigenvalue weighted by atomic mass is 16.5. The van der Waals surface area contributed by atoms with Crippen LogP contribution >= 0.6 is 0 Å². The average molecular weight is 287 g/mol. The molecule has 0 bridgehead atoms. The molecule has 6 nitrogen and oxygen atoms in total. The lowest BCUT2D eigenvalue weighted by molar-refractivity contribution is 0.210. The Morgan fingerprint density at radius 3 is 2.57 bits per heavy atom. The Morgan fingerprint density at radius 1 is 1.14 bits per heavy atom. The van der Waals surface area contributed by atoms with Gasteiger partial charge in [0.05, 0.1) is 6.61 Å². The van der Waals surface area contributed by atoms with Crippen LogP contribution in [0.25, 0.3) is 0 Å². The maximum atomic E-state index is 4.99. The smallest absolute Gasteiger partial charge is 0.229 e. The molecular weight excluding hydrogens is 266 g/mol. The number of benzene rings is 1. The standard InChI is InChI=1S/C15H21N5O/c1-20(2)13-6-4-12(5-7-13)18-15-17-9-8-14(19-15)16-10-11-21-3/h4-9H,10-11H2,1-3H3,(H2,16,17,18,19). The zero-order valence-corrected chi connectivity index (χ0v) is 12.6. The summed E-state index contributed by atoms with van der Waals surface area (Å²) in [4.78, 5) is 10.7. The molecule has 2 aromatic rings. The van der Waals surface area contributed by atoms with E-state index in [4.69, 9.17) is 4.74 Å². The fourth-order valence-corrected chi connectivity index (χ4v) is 1.77. The lowest BCUT2D eigenvalue weighted by Gasteiger charge is -2.13. The third kappa shape index (κ3) is 4.61. The van der Waals surface area contributed by atoms with Gasteiger partial charge in [-0.05, 0) is 30.3 Å². The fourth-order valence-electron chi connectivity index (χ4n) is 1.77. The first-order valence-corrected chi connectivity index (χ1v) is 6.79. The van der Waals surface area contributed by atoms with Gasteiger partial charge in [0.25, 0.3) is 0 Å². The Kier molecular flexibility index (Phi) is 5.34. The molecule has 21 heavy (non-hydrogen) atoms. The van der Waals surface area contributed by atoms with Crippen LogP contribution in [0.15, 0.2) is 36.5 Å². The molecule has 1 aromatic carbocycles. The summed E-state index contributed by atoms with van der Waals surface area (Å²) in [5.41, 5.74) is 2.10. The van der Waals surface area contributed by atoms with Gasteiger partial charge in [0.2, 0.25) is 5.95 Å². The molecule has 0 saturated carbocycles. The van der Waals surface area contributed by atoms with Crippen molar-refractivity contribution in [2.45, 2.75) is 0 Å². The van der Waals surface area contributed by atoms with E-state index in [2.05, 4.69) is 25.5 Å². The molecular formula is C15H21N5O. The Balaban J connectivity index is 2.00. The molecule has 0 unspecified atom stereocenters. The van der Waals surface area contributed by atoms with E-state index in [0.717, 1.165) is 17.2 Å². The number of methoxy groups -OCH3 is 1. The van der Waals surface area contributed by atoms with Gasteiger partial charge in [0.1, 0.15) is 5.82 Å². The van der Waals surface area contributed by atoms with E-state index in [1.54, 1.807) is 13.3 Å². The summed E-state index contributed by atoms with van der Waals surface area (Å²) >= 11 is 0. The number of nitrogens with zero attached hydrogens (tertiary/aromatic N) is 3. The van der Waals surface area contributed by atoms with Crippen molar-refractivity contribution in [1.29, 1.82) is 0 Å². The summed E-state index contributed by atoms with van der Waals surface area (Å²) in [7, 11) is 5.70. The first-order valence-electron chi connectivity index (χ1n) is 6.79. The van der Waals surface area contributed by atoms with E-state index < -0.39 is 0 Å². The van der Waals surface area contributed by atoms with E-state index in [1.807, 2.05) is 44.4 Å². The predicted octanol–water partition coefficient (Wildman–Crippen LogP) is 2.34. The molecule has 0 radical (unpaired) electrons. The van der Waals surface area contributed by atoms with E-state index in [1.165, 1.54) is 0 Å². The molecule has 0 spiro atoms. The maximum absolute atomic E-state index is 4.99. The Bertz CT molecular complexity index is 556. The van der Waals surface area contributed by atoms with Crippen LogP contribution in [0.5, 0.6) is 0 Å². The molecule has 0 fully saturated rings. The minimum Gasteiger partial charge on any atom is -0.383 e. The third-order valence-electron chi connectivity index (χ3n) is 2.91. The second-order valence-corrected chi connectivity index (χ2v) is 4.75. The zero-order chi connectivity index (χ0) is 15.1. The van der Waals surface area contributed by atoms with Gasteiger partial charge in [-0.15, -0.1) is 0 Å². The lowest BCUT2D eigenvalue weighted by atomic mass is 10.2. The summed E-state index contributed by atoms with van der Waals surface area (Å²) in [5.74, 6) is 1.34. The molecule has 6 heteroatoms. The molecule has 0 aliphatic rings. The van der Waals surface area contributed by atoms with Gasteiger partial charge in [0.15, 0.2) is 0 Å². The van der Waals surface area contributed by atoms with Crippen LogP contribution in [0.2, 0.25) is 0 Å². The Morgan fingerprint density at radius 2 is 1.90 bits per heavy atom. The molecule has 0 aliphatic carbocycles. The first-order chi connectivity index (χ1) is 10.2. The fraction of sp³-hybridized carbons (Fsp3) is 0.333. The number of hydrogen-bond acceptors (Lipinski definition) is 6. The SMILES string of the molecule is COCCNc1ccnc(Nc2ccc(N(C)C)cc2)n1. The van der Waals surface area contributed by atoms with Gasteiger partial charge in [-0.1, -0.05) is 0 Å². The zero-order valence-electron chi connectivity index (χ0n) is 12.6. The number of hydrogen-bond donors (Lipinski definition) is 2. The summed E-state index contributed by atoms with van der Waals surface area (Å²) in [6, 6.07) is 9.93. The number of aromatic nitrogens is 2. The number of rotatable bonds is 7. The lowest BCUT2D eigenvalue weighted by Crippen LogP contribution is -2.10. The summed E-state index contributed by atoms with van der Waals surface area (Å²) < 4.78 is 4.99. The quantitative estimate of drug-likeness (QED) is 0.762. The topological polar surface area (TPSA) is 62.3 Å². The van der Waals surface area contributed by atoms with Gasteiger partial charge >= 0.3 is 0 Å². The van der Waals surface area contributed by atoms with E-state index in [-0.39, 0.29) is 0 Å². The average Bonchev–Trinajstić information content (AvgIpc) is 2.48. The van der Waals surface area contributed by atoms with Crippen molar-refractivity contribution in [1.82, 2.24) is 9.97 Å². The first kappa shape index (κ1) is 15.1. The van der Waals surface area contributed by atoms with Crippen molar-refractivity contribution >= 4 is 23.1 Å². The third-order valence-corrected chi connectivity index (χ3v) is 2.91. The monoisotopic (exact) mass is 287 g/mol. The van der Waals surface area contributed by atoms with Crippen LogP contribution in [0.3, 0.4) is 0 Å². The highest BCUT2D eigenvalue weighted by molar-refractivity contribution is 5.59. The van der Waals surface area contributed by atoms with Gasteiger partial charge in [0, 0.05) is 45.3 Å². The molecule has 0 saturated heterocycles. The molecule has 2 rings (SSSR count). The molecule has 1 heterocycles. The van der Waals surface area contributed by atoms with Gasteiger partial charge in [-0.25, -0.2) is 4.98 Å². The summed E-state index contributed by atoms with van der Waals surface area (Å²) in [5, 5.41) is 6.36. The number of anilines is 4. The van der Waals surface area contributed by atoms with Crippen molar-refractivity contribution in [3.63, 3.8) is 0 Å². The van der Waals surface area contributed by atoms with Crippen molar-refractivity contribution in [2.24, 2.45) is 0 Å². The van der Waals surface area contributed by atoms with E-state index in [0.29, 0.717) is 19.1 Å². The van der Waals surface area contributed by atoms with Crippen molar-refractivity contribution < 1.29 is 4.74 Å². The van der Waals surface area contributed by atoms with Gasteiger partial charge in [-0.2, -0.15) is 4.98 Å². The summed E-state index contributed by atoms with van der Waals surface area (Å²) in [6.07, 6.45) is 1.72. The van der Waals surface area contributed by atoms with Crippen LogP contribution in [0.1, 0.15) is 0 Å². The highest BCUT2D eigenvalue weighted by Gasteiger charge is 2.01. The second-order valence-electron chi connectivity index (χ2n) is 4.75. The van der Waals surface area contributed by atoms with Crippen LogP contribution in [0.4, 0.5) is 23.1 Å². The van der Waals surface area contributed by atoms with Gasteiger partial charge < -0.3 is 20.3 Å². The number of nitrogens with one attached hydrogen (secondary N) is 2. The molecule has 0 amide bonds. The Hall–Kier alpha value is -2.34. The highest BCUT2D eigenvalue weighted by Crippen LogP contribution is 2.18. The predicted molar refractivity (Wildman–Crippen MR) is 86.4 cm³/mol. The van der Waals surface area contributed by atoms with E-state index in [9.17, 15) is 0 Å². The minimum absolute atomic E-state index is 0.565. The van der Waals surface area contributed by atoms with Crippen LogP contribution < -0.4 is 15.5 Å². The summed E-state index contributed by atoms with van der Waals surface area (Å²) in [6.45, 7) is 1.35. The molecule has 112 valence electrons. The minimum atomic E-state index is 0.565. The second kappa shape index (κ2) is 7.44. The van der Waals surface area contributed by atoms with Crippen LogP contribution in [-0.2, 0) is 4.74 Å². The molecule has 2 N–H and O–H groups in total. The largest absolute Gasteiger partial charge is 0.383 e. The Labute approximate surface area is 125 Å². The molecule has 0 atom stereocenters. The molecule has 1 aromatic heterocycles. The van der Waals surface area contributed by atoms with Crippen molar-refractivity contribution in [3.05, 3.63) is 36.5 Å². The van der Waals surface area contributed by atoms with Crippen molar-refractivity contribution in [2.75, 3.05) is 49.9 Å². The molecule has 0 aliphatic heterocycles. The normalized spacial score (nSPS) is 10.2. The van der Waals surface area contributed by atoms with Crippen LogP contribution in [-0.4, -0.2) is 44.3 Å². The van der Waals surface area contributed by atoms with Gasteiger partial charge in [-0.3, -0.25) is 0 Å². The number of ether oxygens (including phenoxy) is 1. The van der Waals surface area contributed by atoms with E-state index >= 15 is 0 Å². The van der Waals surface area contributed by atoms with Crippen LogP contribution in [0, 0.1) is 0 Å². The van der Waals surface area contributed by atoms with Crippen molar-refractivity contribution in [3.8, 4) is 0 Å².